The number of benzene rings is 1. The van der Waals surface area contributed by atoms with Crippen LogP contribution in [0.15, 0.2) is 24.3 Å². The highest BCUT2D eigenvalue weighted by atomic mass is 16.5. The van der Waals surface area contributed by atoms with Crippen LogP contribution in [0.2, 0.25) is 0 Å². The van der Waals surface area contributed by atoms with E-state index in [1.54, 1.807) is 7.11 Å². The van der Waals surface area contributed by atoms with Crippen molar-refractivity contribution in [2.75, 3.05) is 19.0 Å². The molecule has 0 saturated heterocycles. The van der Waals surface area contributed by atoms with Gasteiger partial charge in [0.25, 0.3) is 0 Å². The number of nitrogens with one attached hydrogen (secondary N) is 1. The summed E-state index contributed by atoms with van der Waals surface area (Å²) in [6.07, 6.45) is 0. The Hall–Kier alpha value is -1.81. The monoisotopic (exact) mass is 274 g/mol. The minimum absolute atomic E-state index is 0.0196. The van der Waals surface area contributed by atoms with Gasteiger partial charge < -0.3 is 15.2 Å². The van der Waals surface area contributed by atoms with Crippen molar-refractivity contribution < 1.29 is 9.84 Å². The lowest BCUT2D eigenvalue weighted by Crippen LogP contribution is -2.29. The quantitative estimate of drug-likeness (QED) is 0.880. The molecule has 0 amide bonds. The van der Waals surface area contributed by atoms with Gasteiger partial charge in [0, 0.05) is 16.8 Å². The molecular weight excluding hydrogens is 252 g/mol. The number of para-hydroxylation sites is 1. The summed E-state index contributed by atoms with van der Waals surface area (Å²) < 4.78 is 5.38. The van der Waals surface area contributed by atoms with Gasteiger partial charge in [-0.25, -0.2) is 4.98 Å². The maximum atomic E-state index is 9.50. The average molecular weight is 274 g/mol. The Balaban J connectivity index is 2.52. The smallest absolute Gasteiger partial charge is 0.145 e. The largest absolute Gasteiger partial charge is 0.494 e. The highest BCUT2D eigenvalue weighted by Crippen LogP contribution is 2.30. The maximum Gasteiger partial charge on any atom is 0.145 e. The van der Waals surface area contributed by atoms with Crippen molar-refractivity contribution in [3.63, 3.8) is 0 Å². The Labute approximate surface area is 119 Å². The van der Waals surface area contributed by atoms with Gasteiger partial charge >= 0.3 is 0 Å². The molecule has 4 nitrogen and oxygen atoms in total. The topological polar surface area (TPSA) is 54.4 Å². The summed E-state index contributed by atoms with van der Waals surface area (Å²) in [6, 6.07) is 7.90. The fraction of sp³-hybridized carbons (Fsp3) is 0.438. The van der Waals surface area contributed by atoms with Crippen molar-refractivity contribution in [1.82, 2.24) is 4.98 Å². The Morgan fingerprint density at radius 1 is 1.35 bits per heavy atom. The Kier molecular flexibility index (Phi) is 4.45. The first kappa shape index (κ1) is 14.6. The summed E-state index contributed by atoms with van der Waals surface area (Å²) >= 11 is 0. The van der Waals surface area contributed by atoms with Gasteiger partial charge in [-0.05, 0) is 25.0 Å². The van der Waals surface area contributed by atoms with Crippen LogP contribution in [0.25, 0.3) is 10.9 Å². The lowest BCUT2D eigenvalue weighted by Gasteiger charge is -2.22. The number of nitrogens with zero attached hydrogens (tertiary/aromatic N) is 1. The number of aliphatic hydroxyl groups is 1. The molecule has 1 heterocycles. The molecular formula is C16H22N2O2. The van der Waals surface area contributed by atoms with E-state index in [4.69, 9.17) is 4.74 Å². The van der Waals surface area contributed by atoms with Crippen LogP contribution in [0.3, 0.4) is 0 Å². The van der Waals surface area contributed by atoms with E-state index in [1.165, 1.54) is 0 Å². The van der Waals surface area contributed by atoms with Gasteiger partial charge in [-0.3, -0.25) is 0 Å². The molecule has 1 aromatic heterocycles. The summed E-state index contributed by atoms with van der Waals surface area (Å²) in [5, 5.41) is 13.9. The normalized spacial score (nSPS) is 12.7. The van der Waals surface area contributed by atoms with E-state index >= 15 is 0 Å². The molecule has 2 rings (SSSR count). The highest BCUT2D eigenvalue weighted by Gasteiger charge is 2.15. The lowest BCUT2D eigenvalue weighted by molar-refractivity contribution is 0.249. The summed E-state index contributed by atoms with van der Waals surface area (Å²) in [5.74, 6) is 1.11. The molecule has 0 saturated carbocycles. The molecule has 1 atom stereocenters. The first-order valence-electron chi connectivity index (χ1n) is 6.88. The summed E-state index contributed by atoms with van der Waals surface area (Å²) in [4.78, 5) is 4.56. The number of hydrogen-bond acceptors (Lipinski definition) is 4. The number of aliphatic hydroxyl groups excluding tert-OH is 1. The standard InChI is InChI=1S/C16H22N2O2/c1-10(2)14(9-19)18-13-8-11(3)17-16-12(13)6-5-7-15(16)20-4/h5-8,10,14,19H,9H2,1-4H3,(H,17,18)/t14-/m1/s1. The minimum atomic E-state index is 0.0196. The Bertz CT molecular complexity index is 596. The first-order valence-corrected chi connectivity index (χ1v) is 6.88. The van der Waals surface area contributed by atoms with E-state index in [9.17, 15) is 5.11 Å². The second-order valence-electron chi connectivity index (χ2n) is 5.35. The molecule has 0 aliphatic heterocycles. The van der Waals surface area contributed by atoms with Gasteiger partial charge in [-0.2, -0.15) is 0 Å². The van der Waals surface area contributed by atoms with Gasteiger partial charge in [0.2, 0.25) is 0 Å². The van der Waals surface area contributed by atoms with Crippen molar-refractivity contribution in [2.45, 2.75) is 26.8 Å². The van der Waals surface area contributed by atoms with E-state index in [-0.39, 0.29) is 12.6 Å². The van der Waals surface area contributed by atoms with E-state index < -0.39 is 0 Å². The second kappa shape index (κ2) is 6.09. The van der Waals surface area contributed by atoms with Crippen molar-refractivity contribution in [1.29, 1.82) is 0 Å². The summed E-state index contributed by atoms with van der Waals surface area (Å²) in [6.45, 7) is 6.24. The first-order chi connectivity index (χ1) is 9.56. The van der Waals surface area contributed by atoms with Crippen LogP contribution < -0.4 is 10.1 Å². The fourth-order valence-corrected chi connectivity index (χ4v) is 2.26. The molecule has 0 unspecified atom stereocenters. The summed E-state index contributed by atoms with van der Waals surface area (Å²) in [7, 11) is 1.65. The number of aromatic nitrogens is 1. The van der Waals surface area contributed by atoms with Crippen LogP contribution >= 0.6 is 0 Å². The number of pyridine rings is 1. The molecule has 20 heavy (non-hydrogen) atoms. The number of anilines is 1. The SMILES string of the molecule is COc1cccc2c(N[C@H](CO)C(C)C)cc(C)nc12. The zero-order chi connectivity index (χ0) is 14.7. The van der Waals surface area contributed by atoms with Crippen LogP contribution in [-0.4, -0.2) is 29.8 Å². The number of aryl methyl sites for hydroxylation is 1. The Morgan fingerprint density at radius 3 is 2.70 bits per heavy atom. The van der Waals surface area contributed by atoms with Crippen LogP contribution in [0.4, 0.5) is 5.69 Å². The van der Waals surface area contributed by atoms with E-state index in [0.717, 1.165) is 28.0 Å². The van der Waals surface area contributed by atoms with Gasteiger partial charge in [0.1, 0.15) is 11.3 Å². The van der Waals surface area contributed by atoms with Crippen molar-refractivity contribution in [2.24, 2.45) is 5.92 Å². The molecule has 2 aromatic rings. The number of methoxy groups -OCH3 is 1. The fourth-order valence-electron chi connectivity index (χ4n) is 2.26. The zero-order valence-electron chi connectivity index (χ0n) is 12.5. The van der Waals surface area contributed by atoms with E-state index in [1.807, 2.05) is 31.2 Å². The highest BCUT2D eigenvalue weighted by molar-refractivity contribution is 5.95. The predicted octanol–water partition coefficient (Wildman–Crippen LogP) is 2.98. The van der Waals surface area contributed by atoms with Crippen molar-refractivity contribution in [3.05, 3.63) is 30.0 Å². The molecule has 108 valence electrons. The molecule has 0 bridgehead atoms. The number of ether oxygens (including phenoxy) is 1. The number of fused-ring (bicyclic) bond motifs is 1. The van der Waals surface area contributed by atoms with E-state index in [2.05, 4.69) is 24.1 Å². The molecule has 1 aromatic carbocycles. The van der Waals surface area contributed by atoms with Crippen LogP contribution in [0.1, 0.15) is 19.5 Å². The number of hydrogen-bond donors (Lipinski definition) is 2. The van der Waals surface area contributed by atoms with Gasteiger partial charge in [0.15, 0.2) is 0 Å². The molecule has 0 radical (unpaired) electrons. The van der Waals surface area contributed by atoms with Gasteiger partial charge in [0.05, 0.1) is 19.8 Å². The molecule has 4 heteroatoms. The maximum absolute atomic E-state index is 9.50. The predicted molar refractivity (Wildman–Crippen MR) is 82.4 cm³/mol. The third-order valence-corrected chi connectivity index (χ3v) is 3.49. The zero-order valence-corrected chi connectivity index (χ0v) is 12.5. The molecule has 0 fully saturated rings. The minimum Gasteiger partial charge on any atom is -0.494 e. The van der Waals surface area contributed by atoms with Crippen LogP contribution in [0.5, 0.6) is 5.75 Å². The molecule has 0 aliphatic carbocycles. The van der Waals surface area contributed by atoms with E-state index in [0.29, 0.717) is 5.92 Å². The third-order valence-electron chi connectivity index (χ3n) is 3.49. The second-order valence-corrected chi connectivity index (χ2v) is 5.35. The number of rotatable bonds is 5. The molecule has 0 spiro atoms. The van der Waals surface area contributed by atoms with Crippen LogP contribution in [0, 0.1) is 12.8 Å². The van der Waals surface area contributed by atoms with Gasteiger partial charge in [-0.15, -0.1) is 0 Å². The molecule has 0 aliphatic rings. The molecule has 2 N–H and O–H groups in total. The average Bonchev–Trinajstić information content (AvgIpc) is 2.43. The lowest BCUT2D eigenvalue weighted by atomic mass is 10.0. The van der Waals surface area contributed by atoms with Crippen LogP contribution in [-0.2, 0) is 0 Å². The third kappa shape index (κ3) is 2.85. The van der Waals surface area contributed by atoms with Crippen molar-refractivity contribution >= 4 is 16.6 Å². The summed E-state index contributed by atoms with van der Waals surface area (Å²) in [5.41, 5.74) is 2.75. The Morgan fingerprint density at radius 2 is 2.10 bits per heavy atom. The van der Waals surface area contributed by atoms with Gasteiger partial charge in [-0.1, -0.05) is 26.0 Å². The van der Waals surface area contributed by atoms with Crippen molar-refractivity contribution in [3.8, 4) is 5.75 Å².